The normalized spacial score (nSPS) is 20.3. The predicted octanol–water partition coefficient (Wildman–Crippen LogP) is 6.00. The number of rotatable bonds is 9. The number of carbonyl (C=O) groups is 1. The van der Waals surface area contributed by atoms with Gasteiger partial charge < -0.3 is 13.6 Å². The van der Waals surface area contributed by atoms with Gasteiger partial charge in [0.2, 0.25) is 11.9 Å². The Balaban J connectivity index is 1.60. The number of H-pyrrole nitrogens is 1. The van der Waals surface area contributed by atoms with Crippen LogP contribution >= 0.6 is 0 Å². The van der Waals surface area contributed by atoms with E-state index in [1.165, 1.54) is 0 Å². The topological polar surface area (TPSA) is 120 Å². The fourth-order valence-corrected chi connectivity index (χ4v) is 6.73. The number of hydrogen-bond acceptors (Lipinski definition) is 7. The van der Waals surface area contributed by atoms with Crippen LogP contribution in [-0.4, -0.2) is 60.9 Å². The van der Waals surface area contributed by atoms with Crippen LogP contribution in [0.2, 0.25) is 36.3 Å². The molecule has 3 aromatic rings. The zero-order chi connectivity index (χ0) is 31.1. The highest BCUT2D eigenvalue weighted by atomic mass is 28.4. The lowest BCUT2D eigenvalue weighted by Gasteiger charge is -2.40. The van der Waals surface area contributed by atoms with Gasteiger partial charge >= 0.3 is 0 Å². The van der Waals surface area contributed by atoms with Gasteiger partial charge in [-0.25, -0.2) is 4.98 Å². The number of benzene rings is 1. The van der Waals surface area contributed by atoms with Crippen molar-refractivity contribution in [3.8, 4) is 0 Å². The number of imidazole rings is 1. The van der Waals surface area contributed by atoms with Crippen molar-refractivity contribution in [1.82, 2.24) is 19.5 Å². The van der Waals surface area contributed by atoms with Gasteiger partial charge in [-0.3, -0.25) is 24.5 Å². The summed E-state index contributed by atoms with van der Waals surface area (Å²) in [6, 6.07) is 9.40. The molecule has 10 nitrogen and oxygen atoms in total. The zero-order valence-electron chi connectivity index (χ0n) is 26.7. The largest absolute Gasteiger partial charge is 0.414 e. The number of nitrogens with one attached hydrogen (secondary N) is 2. The summed E-state index contributed by atoms with van der Waals surface area (Å²) in [6.45, 7) is 22.7. The van der Waals surface area contributed by atoms with Gasteiger partial charge in [-0.05, 0) is 41.8 Å². The molecule has 3 heterocycles. The van der Waals surface area contributed by atoms with Crippen LogP contribution in [0, 0.1) is 0 Å². The zero-order valence-corrected chi connectivity index (χ0v) is 28.7. The van der Waals surface area contributed by atoms with Crippen molar-refractivity contribution in [1.29, 1.82) is 0 Å². The minimum absolute atomic E-state index is 0.0271. The SMILES string of the molecule is CC(C)(C)[Si](C)(C)OC[C@H]1O[C@@H](n2cnc3c(=O)[nH]c(NC(=O)Cc4ccccc4)nc32)C[C@@H]1O[Si](C)(C)C(C)(C)C. The van der Waals surface area contributed by atoms with E-state index in [0.717, 1.165) is 5.56 Å². The van der Waals surface area contributed by atoms with E-state index in [0.29, 0.717) is 18.7 Å². The van der Waals surface area contributed by atoms with Gasteiger partial charge in [0.05, 0.1) is 25.5 Å². The van der Waals surface area contributed by atoms with E-state index >= 15 is 0 Å². The smallest absolute Gasteiger partial charge is 0.280 e. The van der Waals surface area contributed by atoms with Gasteiger partial charge in [-0.15, -0.1) is 0 Å². The summed E-state index contributed by atoms with van der Waals surface area (Å²) < 4.78 is 21.9. The highest BCUT2D eigenvalue weighted by Gasteiger charge is 2.47. The van der Waals surface area contributed by atoms with Crippen LogP contribution in [0.15, 0.2) is 41.5 Å². The van der Waals surface area contributed by atoms with Gasteiger partial charge in [0, 0.05) is 6.42 Å². The van der Waals surface area contributed by atoms with Crippen LogP contribution in [0.25, 0.3) is 11.2 Å². The van der Waals surface area contributed by atoms with E-state index in [4.69, 9.17) is 13.6 Å². The number of fused-ring (bicyclic) bond motifs is 1. The van der Waals surface area contributed by atoms with Gasteiger partial charge in [-0.2, -0.15) is 4.98 Å². The molecule has 1 aromatic carbocycles. The molecule has 0 spiro atoms. The Morgan fingerprint density at radius 3 is 2.33 bits per heavy atom. The molecule has 12 heteroatoms. The molecule has 1 saturated heterocycles. The van der Waals surface area contributed by atoms with Crippen LogP contribution < -0.4 is 10.9 Å². The monoisotopic (exact) mass is 613 g/mol. The lowest BCUT2D eigenvalue weighted by molar-refractivity contribution is -0.115. The third-order valence-corrected chi connectivity index (χ3v) is 18.1. The first-order chi connectivity index (χ1) is 19.4. The summed E-state index contributed by atoms with van der Waals surface area (Å²) in [6.07, 6.45) is 1.37. The molecule has 42 heavy (non-hydrogen) atoms. The lowest BCUT2D eigenvalue weighted by Crippen LogP contribution is -2.48. The molecule has 1 fully saturated rings. The van der Waals surface area contributed by atoms with Crippen LogP contribution in [0.4, 0.5) is 5.95 Å². The summed E-state index contributed by atoms with van der Waals surface area (Å²) in [7, 11) is -4.16. The van der Waals surface area contributed by atoms with Crippen molar-refractivity contribution < 1.29 is 18.4 Å². The third kappa shape index (κ3) is 7.11. The molecule has 1 aliphatic heterocycles. The molecular weight excluding hydrogens is 567 g/mol. The van der Waals surface area contributed by atoms with E-state index in [1.54, 1.807) is 10.9 Å². The number of nitrogens with zero attached hydrogens (tertiary/aromatic N) is 3. The molecule has 2 aromatic heterocycles. The molecule has 0 radical (unpaired) electrons. The molecule has 2 N–H and O–H groups in total. The first-order valence-corrected chi connectivity index (χ1v) is 20.5. The molecule has 3 atom stereocenters. The Labute approximate surface area is 250 Å². The Kier molecular flexibility index (Phi) is 9.06. The fraction of sp³-hybridized carbons (Fsp3) is 0.600. The maximum Gasteiger partial charge on any atom is 0.280 e. The van der Waals surface area contributed by atoms with Gasteiger partial charge in [-0.1, -0.05) is 71.9 Å². The number of hydrogen-bond donors (Lipinski definition) is 2. The van der Waals surface area contributed by atoms with E-state index in [9.17, 15) is 9.59 Å². The first-order valence-electron chi connectivity index (χ1n) is 14.7. The predicted molar refractivity (Wildman–Crippen MR) is 171 cm³/mol. The molecule has 4 rings (SSSR count). The molecular formula is C30H47N5O5Si2. The number of ether oxygens (including phenoxy) is 1. The average molecular weight is 614 g/mol. The van der Waals surface area contributed by atoms with Gasteiger partial charge in [0.15, 0.2) is 27.8 Å². The second-order valence-corrected chi connectivity index (χ2v) is 23.9. The molecule has 230 valence electrons. The summed E-state index contributed by atoms with van der Waals surface area (Å²) >= 11 is 0. The van der Waals surface area contributed by atoms with Crippen LogP contribution in [0.5, 0.6) is 0 Å². The van der Waals surface area contributed by atoms with Crippen LogP contribution in [0.3, 0.4) is 0 Å². The summed E-state index contributed by atoms with van der Waals surface area (Å²) in [5.41, 5.74) is 0.957. The Morgan fingerprint density at radius 1 is 1.07 bits per heavy atom. The Morgan fingerprint density at radius 2 is 1.71 bits per heavy atom. The Bertz CT molecular complexity index is 1460. The van der Waals surface area contributed by atoms with E-state index in [-0.39, 0.29) is 46.1 Å². The number of anilines is 1. The fourth-order valence-electron chi connectivity index (χ4n) is 4.36. The quantitative estimate of drug-likeness (QED) is 0.284. The van der Waals surface area contributed by atoms with E-state index in [2.05, 4.69) is 88.0 Å². The third-order valence-electron chi connectivity index (χ3n) is 9.06. The Hall–Kier alpha value is -2.65. The number of carbonyl (C=O) groups excluding carboxylic acids is 1. The second-order valence-electron chi connectivity index (χ2n) is 14.3. The maximum atomic E-state index is 12.9. The standard InChI is InChI=1S/C30H47N5O5Si2/c1-29(2,3)41(7,8)38-18-22-21(40-42(9,10)30(4,5)6)17-24(39-22)35-19-31-25-26(35)33-28(34-27(25)37)32-23(36)16-20-14-12-11-13-15-20/h11-15,19,21-22,24H,16-18H2,1-10H3,(H2,32,33,34,36,37)/t21-,22+,24+/m0/s1. The second kappa shape index (κ2) is 11.8. The first kappa shape index (κ1) is 32.3. The minimum atomic E-state index is -2.13. The highest BCUT2D eigenvalue weighted by molar-refractivity contribution is 6.74. The highest BCUT2D eigenvalue weighted by Crippen LogP contribution is 2.42. The van der Waals surface area contributed by atoms with Crippen molar-refractivity contribution in [3.63, 3.8) is 0 Å². The van der Waals surface area contributed by atoms with E-state index in [1.807, 2.05) is 30.3 Å². The maximum absolute atomic E-state index is 12.9. The lowest BCUT2D eigenvalue weighted by atomic mass is 10.1. The van der Waals surface area contributed by atoms with Crippen molar-refractivity contribution in [2.24, 2.45) is 0 Å². The van der Waals surface area contributed by atoms with Crippen molar-refractivity contribution in [2.45, 2.75) is 109 Å². The molecule has 0 unspecified atom stereocenters. The van der Waals surface area contributed by atoms with Crippen molar-refractivity contribution in [2.75, 3.05) is 11.9 Å². The van der Waals surface area contributed by atoms with Crippen molar-refractivity contribution in [3.05, 3.63) is 52.6 Å². The summed E-state index contributed by atoms with van der Waals surface area (Å²) in [5, 5.41) is 2.82. The molecule has 0 aliphatic carbocycles. The average Bonchev–Trinajstić information content (AvgIpc) is 3.46. The number of aromatic nitrogens is 4. The van der Waals surface area contributed by atoms with E-state index < -0.39 is 28.4 Å². The van der Waals surface area contributed by atoms with Crippen LogP contribution in [-0.2, 0) is 24.8 Å². The molecule has 1 amide bonds. The van der Waals surface area contributed by atoms with Crippen LogP contribution in [0.1, 0.15) is 59.8 Å². The number of amides is 1. The number of aromatic amines is 1. The summed E-state index contributed by atoms with van der Waals surface area (Å²) in [5.74, 6) is -0.211. The van der Waals surface area contributed by atoms with Gasteiger partial charge in [0.25, 0.3) is 5.56 Å². The summed E-state index contributed by atoms with van der Waals surface area (Å²) in [4.78, 5) is 37.1. The molecule has 1 aliphatic rings. The molecule has 0 saturated carbocycles. The van der Waals surface area contributed by atoms with Gasteiger partial charge in [0.1, 0.15) is 12.3 Å². The minimum Gasteiger partial charge on any atom is -0.414 e. The van der Waals surface area contributed by atoms with Crippen molar-refractivity contribution >= 4 is 39.7 Å². The molecule has 0 bridgehead atoms.